The van der Waals surface area contributed by atoms with Crippen LogP contribution in [0, 0.1) is 0 Å². The second-order valence-electron chi connectivity index (χ2n) is 4.99. The third-order valence-corrected chi connectivity index (χ3v) is 3.35. The summed E-state index contributed by atoms with van der Waals surface area (Å²) in [6.07, 6.45) is 1.59. The number of nitrogens with one attached hydrogen (secondary N) is 1. The predicted octanol–water partition coefficient (Wildman–Crippen LogP) is 1.63. The number of fused-ring (bicyclic) bond motifs is 1. The normalized spacial score (nSPS) is 17.5. The van der Waals surface area contributed by atoms with Crippen molar-refractivity contribution in [1.82, 2.24) is 4.90 Å². The van der Waals surface area contributed by atoms with Gasteiger partial charge in [-0.05, 0) is 26.0 Å². The zero-order valence-electron chi connectivity index (χ0n) is 11.1. The fourth-order valence-corrected chi connectivity index (χ4v) is 2.14. The summed E-state index contributed by atoms with van der Waals surface area (Å²) in [5.74, 6) is -0.511. The van der Waals surface area contributed by atoms with Gasteiger partial charge in [-0.3, -0.25) is 9.59 Å². The number of hydrogen-bond donors (Lipinski definition) is 2. The number of nitrogens with two attached hydrogens (primary N) is 1. The van der Waals surface area contributed by atoms with Crippen LogP contribution in [0.4, 0.5) is 11.4 Å². The molecule has 1 aromatic rings. The quantitative estimate of drug-likeness (QED) is 0.626. The molecule has 1 aromatic carbocycles. The summed E-state index contributed by atoms with van der Waals surface area (Å²) in [5.41, 5.74) is 6.05. The van der Waals surface area contributed by atoms with E-state index in [2.05, 4.69) is 11.9 Å². The Hall–Kier alpha value is -2.30. The highest BCUT2D eigenvalue weighted by atomic mass is 16.2. The van der Waals surface area contributed by atoms with Crippen molar-refractivity contribution >= 4 is 23.2 Å². The van der Waals surface area contributed by atoms with Crippen molar-refractivity contribution in [2.75, 3.05) is 17.6 Å². The summed E-state index contributed by atoms with van der Waals surface area (Å²) in [7, 11) is 0. The first kappa shape index (κ1) is 13.1. The summed E-state index contributed by atoms with van der Waals surface area (Å²) >= 11 is 0. The number of anilines is 2. The SMILES string of the molecule is C=CCN1C(=O)c2c(N)cccc2NC(=O)C1(C)C. The lowest BCUT2D eigenvalue weighted by atomic mass is 10.0. The minimum absolute atomic E-state index is 0.243. The summed E-state index contributed by atoms with van der Waals surface area (Å²) in [6.45, 7) is 7.32. The fraction of sp³-hybridized carbons (Fsp3) is 0.286. The number of benzene rings is 1. The predicted molar refractivity (Wildman–Crippen MR) is 74.8 cm³/mol. The Kier molecular flexibility index (Phi) is 3.06. The van der Waals surface area contributed by atoms with E-state index in [1.54, 1.807) is 38.1 Å². The molecule has 0 radical (unpaired) electrons. The Labute approximate surface area is 112 Å². The van der Waals surface area contributed by atoms with Crippen LogP contribution in [0.5, 0.6) is 0 Å². The number of carbonyl (C=O) groups excluding carboxylic acids is 2. The van der Waals surface area contributed by atoms with E-state index in [0.29, 0.717) is 16.9 Å². The van der Waals surface area contributed by atoms with Gasteiger partial charge in [0.2, 0.25) is 5.91 Å². The summed E-state index contributed by atoms with van der Waals surface area (Å²) in [5, 5.41) is 2.76. The standard InChI is InChI=1S/C14H17N3O2/c1-4-8-17-12(18)11-9(15)6-5-7-10(11)16-13(19)14(17,2)3/h4-7H,1,8,15H2,2-3H3,(H,16,19). The van der Waals surface area contributed by atoms with Crippen LogP contribution in [0.2, 0.25) is 0 Å². The number of rotatable bonds is 2. The molecule has 5 nitrogen and oxygen atoms in total. The molecule has 0 saturated heterocycles. The Balaban J connectivity index is 2.64. The molecule has 0 aromatic heterocycles. The number of hydrogen-bond acceptors (Lipinski definition) is 3. The van der Waals surface area contributed by atoms with Crippen LogP contribution < -0.4 is 11.1 Å². The molecule has 19 heavy (non-hydrogen) atoms. The van der Waals surface area contributed by atoms with Crippen LogP contribution in [0.25, 0.3) is 0 Å². The molecule has 0 unspecified atom stereocenters. The molecular weight excluding hydrogens is 242 g/mol. The lowest BCUT2D eigenvalue weighted by molar-refractivity contribution is -0.124. The van der Waals surface area contributed by atoms with E-state index in [9.17, 15) is 9.59 Å². The van der Waals surface area contributed by atoms with Crippen molar-refractivity contribution in [2.24, 2.45) is 0 Å². The van der Waals surface area contributed by atoms with Gasteiger partial charge in [0.15, 0.2) is 0 Å². The van der Waals surface area contributed by atoms with Crippen LogP contribution in [-0.4, -0.2) is 28.8 Å². The monoisotopic (exact) mass is 259 g/mol. The maximum absolute atomic E-state index is 12.6. The van der Waals surface area contributed by atoms with Gasteiger partial charge in [-0.1, -0.05) is 12.1 Å². The van der Waals surface area contributed by atoms with E-state index in [1.165, 1.54) is 4.90 Å². The topological polar surface area (TPSA) is 75.4 Å². The van der Waals surface area contributed by atoms with E-state index < -0.39 is 5.54 Å². The highest BCUT2D eigenvalue weighted by molar-refractivity contribution is 6.13. The third kappa shape index (κ3) is 1.97. The maximum Gasteiger partial charge on any atom is 0.259 e. The molecule has 0 spiro atoms. The molecule has 1 aliphatic rings. The third-order valence-electron chi connectivity index (χ3n) is 3.35. The Morgan fingerprint density at radius 1 is 1.42 bits per heavy atom. The maximum atomic E-state index is 12.6. The van der Waals surface area contributed by atoms with E-state index in [1.807, 2.05) is 0 Å². The highest BCUT2D eigenvalue weighted by Gasteiger charge is 2.41. The first-order valence-corrected chi connectivity index (χ1v) is 6.02. The second-order valence-corrected chi connectivity index (χ2v) is 4.99. The Morgan fingerprint density at radius 3 is 2.74 bits per heavy atom. The molecule has 0 atom stereocenters. The molecule has 5 heteroatoms. The fourth-order valence-electron chi connectivity index (χ4n) is 2.14. The molecular formula is C14H17N3O2. The first-order valence-electron chi connectivity index (χ1n) is 6.02. The second kappa shape index (κ2) is 4.42. The van der Waals surface area contributed by atoms with Crippen molar-refractivity contribution in [2.45, 2.75) is 19.4 Å². The smallest absolute Gasteiger partial charge is 0.259 e. The summed E-state index contributed by atoms with van der Waals surface area (Å²) in [6, 6.07) is 5.03. The van der Waals surface area contributed by atoms with Crippen LogP contribution in [-0.2, 0) is 4.79 Å². The van der Waals surface area contributed by atoms with Gasteiger partial charge in [0.25, 0.3) is 5.91 Å². The molecule has 0 saturated carbocycles. The van der Waals surface area contributed by atoms with Crippen molar-refractivity contribution in [3.8, 4) is 0 Å². The van der Waals surface area contributed by atoms with Crippen molar-refractivity contribution < 1.29 is 9.59 Å². The van der Waals surface area contributed by atoms with Crippen molar-refractivity contribution in [3.63, 3.8) is 0 Å². The van der Waals surface area contributed by atoms with Crippen LogP contribution in [0.3, 0.4) is 0 Å². The first-order chi connectivity index (χ1) is 8.89. The largest absolute Gasteiger partial charge is 0.398 e. The molecule has 1 heterocycles. The summed E-state index contributed by atoms with van der Waals surface area (Å²) in [4.78, 5) is 26.3. The minimum atomic E-state index is -0.962. The Bertz CT molecular complexity index is 564. The van der Waals surface area contributed by atoms with E-state index in [-0.39, 0.29) is 18.4 Å². The average Bonchev–Trinajstić information content (AvgIpc) is 2.40. The molecule has 0 fully saturated rings. The van der Waals surface area contributed by atoms with Crippen LogP contribution in [0.15, 0.2) is 30.9 Å². The van der Waals surface area contributed by atoms with Gasteiger partial charge >= 0.3 is 0 Å². The molecule has 0 bridgehead atoms. The highest BCUT2D eigenvalue weighted by Crippen LogP contribution is 2.31. The minimum Gasteiger partial charge on any atom is -0.398 e. The van der Waals surface area contributed by atoms with Gasteiger partial charge in [0.05, 0.1) is 11.3 Å². The van der Waals surface area contributed by atoms with E-state index in [4.69, 9.17) is 5.73 Å². The molecule has 0 aliphatic carbocycles. The molecule has 1 aliphatic heterocycles. The van der Waals surface area contributed by atoms with Gasteiger partial charge < -0.3 is 16.0 Å². The van der Waals surface area contributed by atoms with E-state index in [0.717, 1.165) is 0 Å². The van der Waals surface area contributed by atoms with Gasteiger partial charge in [-0.15, -0.1) is 6.58 Å². The van der Waals surface area contributed by atoms with Gasteiger partial charge in [-0.2, -0.15) is 0 Å². The number of nitrogen functional groups attached to an aromatic ring is 1. The average molecular weight is 259 g/mol. The Morgan fingerprint density at radius 2 is 2.11 bits per heavy atom. The lowest BCUT2D eigenvalue weighted by Gasteiger charge is -2.34. The van der Waals surface area contributed by atoms with Crippen LogP contribution >= 0.6 is 0 Å². The van der Waals surface area contributed by atoms with Crippen LogP contribution in [0.1, 0.15) is 24.2 Å². The van der Waals surface area contributed by atoms with E-state index >= 15 is 0 Å². The number of amides is 2. The molecule has 2 amide bonds. The van der Waals surface area contributed by atoms with Crippen molar-refractivity contribution in [1.29, 1.82) is 0 Å². The molecule has 2 rings (SSSR count). The zero-order valence-corrected chi connectivity index (χ0v) is 11.1. The lowest BCUT2D eigenvalue weighted by Crippen LogP contribution is -2.53. The summed E-state index contributed by atoms with van der Waals surface area (Å²) < 4.78 is 0. The number of nitrogens with zero attached hydrogens (tertiary/aromatic N) is 1. The van der Waals surface area contributed by atoms with Gasteiger partial charge in [-0.25, -0.2) is 0 Å². The molecule has 100 valence electrons. The van der Waals surface area contributed by atoms with Gasteiger partial charge in [0.1, 0.15) is 5.54 Å². The van der Waals surface area contributed by atoms with Gasteiger partial charge in [0, 0.05) is 12.2 Å². The van der Waals surface area contributed by atoms with Crippen molar-refractivity contribution in [3.05, 3.63) is 36.4 Å². The zero-order chi connectivity index (χ0) is 14.2. The molecule has 3 N–H and O–H groups in total. The number of carbonyl (C=O) groups is 2.